The number of benzene rings is 1. The molecule has 14 heavy (non-hydrogen) atoms. The summed E-state index contributed by atoms with van der Waals surface area (Å²) in [5, 5.41) is 0. The number of cyclic esters (lactones) is 1. The zero-order valence-electron chi connectivity index (χ0n) is 7.90. The Kier molecular flexibility index (Phi) is 2.63. The number of carbonyl (C=O) groups excluding carboxylic acids is 1. The quantitative estimate of drug-likeness (QED) is 0.633. The van der Waals surface area contributed by atoms with Gasteiger partial charge in [-0.15, -0.1) is 0 Å². The Bertz CT molecular complexity index is 352. The Morgan fingerprint density at radius 2 is 1.93 bits per heavy atom. The van der Waals surface area contributed by atoms with Crippen LogP contribution in [-0.2, 0) is 9.53 Å². The molecule has 1 aliphatic rings. The van der Waals surface area contributed by atoms with Gasteiger partial charge in [-0.2, -0.15) is 0 Å². The van der Waals surface area contributed by atoms with Crippen LogP contribution in [0.25, 0.3) is 6.08 Å². The number of hydrogen-bond acceptors (Lipinski definition) is 2. The average molecular weight is 188 g/mol. The molecule has 1 saturated heterocycles. The van der Waals surface area contributed by atoms with Crippen LogP contribution < -0.4 is 0 Å². The first kappa shape index (κ1) is 9.00. The normalized spacial score (nSPS) is 19.4. The first-order valence-electron chi connectivity index (χ1n) is 4.81. The molecule has 2 nitrogen and oxygen atoms in total. The van der Waals surface area contributed by atoms with Gasteiger partial charge in [-0.1, -0.05) is 30.3 Å². The van der Waals surface area contributed by atoms with Crippen molar-refractivity contribution in [3.05, 3.63) is 41.7 Å². The molecule has 2 heteroatoms. The molecule has 0 aromatic heterocycles. The fraction of sp³-hybridized carbons (Fsp3) is 0.250. The van der Waals surface area contributed by atoms with Crippen molar-refractivity contribution in [2.45, 2.75) is 19.3 Å². The fourth-order valence-electron chi connectivity index (χ4n) is 1.49. The molecular formula is C12H12O2. The van der Waals surface area contributed by atoms with Crippen LogP contribution in [0.5, 0.6) is 0 Å². The van der Waals surface area contributed by atoms with Gasteiger partial charge in [-0.3, -0.25) is 4.79 Å². The van der Waals surface area contributed by atoms with Gasteiger partial charge in [0.2, 0.25) is 0 Å². The van der Waals surface area contributed by atoms with Gasteiger partial charge in [0.15, 0.2) is 0 Å². The van der Waals surface area contributed by atoms with Crippen molar-refractivity contribution in [1.82, 2.24) is 0 Å². The van der Waals surface area contributed by atoms with Crippen LogP contribution in [0.3, 0.4) is 0 Å². The van der Waals surface area contributed by atoms with Crippen LogP contribution in [0.1, 0.15) is 24.8 Å². The number of hydrogen-bond donors (Lipinski definition) is 0. The van der Waals surface area contributed by atoms with Gasteiger partial charge in [0.05, 0.1) is 0 Å². The minimum Gasteiger partial charge on any atom is -0.431 e. The zero-order valence-corrected chi connectivity index (χ0v) is 7.90. The van der Waals surface area contributed by atoms with Crippen molar-refractivity contribution in [3.63, 3.8) is 0 Å². The lowest BCUT2D eigenvalue weighted by Gasteiger charge is -2.13. The molecule has 1 aliphatic heterocycles. The fourth-order valence-corrected chi connectivity index (χ4v) is 1.49. The number of ether oxygens (including phenoxy) is 1. The van der Waals surface area contributed by atoms with E-state index in [0.717, 1.165) is 24.2 Å². The van der Waals surface area contributed by atoms with Gasteiger partial charge in [0.25, 0.3) is 0 Å². The SMILES string of the molecule is O=C1CCC/C(=C\c2ccccc2)O1. The highest BCUT2D eigenvalue weighted by Crippen LogP contribution is 2.19. The molecule has 0 bridgehead atoms. The molecule has 1 aromatic carbocycles. The maximum atomic E-state index is 11.0. The lowest BCUT2D eigenvalue weighted by atomic mass is 10.1. The highest BCUT2D eigenvalue weighted by atomic mass is 16.5. The molecular weight excluding hydrogens is 176 g/mol. The van der Waals surface area contributed by atoms with Crippen molar-refractivity contribution in [1.29, 1.82) is 0 Å². The summed E-state index contributed by atoms with van der Waals surface area (Å²) in [6.45, 7) is 0. The Morgan fingerprint density at radius 3 is 2.64 bits per heavy atom. The van der Waals surface area contributed by atoms with Crippen LogP contribution in [-0.4, -0.2) is 5.97 Å². The van der Waals surface area contributed by atoms with Crippen LogP contribution in [0, 0.1) is 0 Å². The maximum Gasteiger partial charge on any atom is 0.310 e. The van der Waals surface area contributed by atoms with Gasteiger partial charge in [-0.25, -0.2) is 0 Å². The van der Waals surface area contributed by atoms with Crippen molar-refractivity contribution < 1.29 is 9.53 Å². The molecule has 0 N–H and O–H groups in total. The summed E-state index contributed by atoms with van der Waals surface area (Å²) in [6.07, 6.45) is 4.24. The molecule has 2 rings (SSSR count). The second-order valence-corrected chi connectivity index (χ2v) is 3.35. The van der Waals surface area contributed by atoms with E-state index < -0.39 is 0 Å². The third-order valence-electron chi connectivity index (χ3n) is 2.18. The van der Waals surface area contributed by atoms with Crippen LogP contribution in [0.4, 0.5) is 0 Å². The summed E-state index contributed by atoms with van der Waals surface area (Å²) in [6, 6.07) is 9.90. The van der Waals surface area contributed by atoms with E-state index in [1.807, 2.05) is 36.4 Å². The third-order valence-corrected chi connectivity index (χ3v) is 2.18. The minimum atomic E-state index is -0.113. The Labute approximate surface area is 83.2 Å². The largest absolute Gasteiger partial charge is 0.431 e. The van der Waals surface area contributed by atoms with Gasteiger partial charge in [0.1, 0.15) is 5.76 Å². The summed E-state index contributed by atoms with van der Waals surface area (Å²) >= 11 is 0. The van der Waals surface area contributed by atoms with Crippen molar-refractivity contribution >= 4 is 12.0 Å². The topological polar surface area (TPSA) is 26.3 Å². The lowest BCUT2D eigenvalue weighted by Crippen LogP contribution is -2.09. The van der Waals surface area contributed by atoms with Gasteiger partial charge in [-0.05, 0) is 18.1 Å². The van der Waals surface area contributed by atoms with E-state index in [1.165, 1.54) is 0 Å². The summed E-state index contributed by atoms with van der Waals surface area (Å²) in [5.74, 6) is 0.672. The van der Waals surface area contributed by atoms with Crippen molar-refractivity contribution in [2.24, 2.45) is 0 Å². The first-order chi connectivity index (χ1) is 6.84. The van der Waals surface area contributed by atoms with Crippen LogP contribution >= 0.6 is 0 Å². The number of rotatable bonds is 1. The van der Waals surface area contributed by atoms with Crippen molar-refractivity contribution in [2.75, 3.05) is 0 Å². The number of carbonyl (C=O) groups is 1. The van der Waals surface area contributed by atoms with Gasteiger partial charge < -0.3 is 4.74 Å². The van der Waals surface area contributed by atoms with Crippen molar-refractivity contribution in [3.8, 4) is 0 Å². The minimum absolute atomic E-state index is 0.113. The molecule has 0 atom stereocenters. The van der Waals surface area contributed by atoms with E-state index in [9.17, 15) is 4.79 Å². The summed E-state index contributed by atoms with van der Waals surface area (Å²) < 4.78 is 5.11. The molecule has 1 heterocycles. The monoisotopic (exact) mass is 188 g/mol. The van der Waals surface area contributed by atoms with Crippen LogP contribution in [0.15, 0.2) is 36.1 Å². The van der Waals surface area contributed by atoms with E-state index >= 15 is 0 Å². The Balaban J connectivity index is 2.14. The lowest BCUT2D eigenvalue weighted by molar-refractivity contribution is -0.141. The molecule has 0 spiro atoms. The number of esters is 1. The number of allylic oxidation sites excluding steroid dienone is 1. The predicted molar refractivity (Wildman–Crippen MR) is 54.4 cm³/mol. The molecule has 0 unspecified atom stereocenters. The smallest absolute Gasteiger partial charge is 0.310 e. The maximum absolute atomic E-state index is 11.0. The molecule has 0 saturated carbocycles. The van der Waals surface area contributed by atoms with Gasteiger partial charge in [0, 0.05) is 12.8 Å². The second-order valence-electron chi connectivity index (χ2n) is 3.35. The molecule has 0 aliphatic carbocycles. The van der Waals surface area contributed by atoms with E-state index in [4.69, 9.17) is 4.74 Å². The highest BCUT2D eigenvalue weighted by Gasteiger charge is 2.13. The average Bonchev–Trinajstić information content (AvgIpc) is 2.19. The van der Waals surface area contributed by atoms with E-state index in [2.05, 4.69) is 0 Å². The summed E-state index contributed by atoms with van der Waals surface area (Å²) in [7, 11) is 0. The van der Waals surface area contributed by atoms with E-state index in [1.54, 1.807) is 0 Å². The Hall–Kier alpha value is -1.57. The van der Waals surface area contributed by atoms with Crippen LogP contribution in [0.2, 0.25) is 0 Å². The van der Waals surface area contributed by atoms with E-state index in [-0.39, 0.29) is 5.97 Å². The molecule has 1 fully saturated rings. The van der Waals surface area contributed by atoms with Gasteiger partial charge >= 0.3 is 5.97 Å². The third kappa shape index (κ3) is 2.22. The zero-order chi connectivity index (χ0) is 9.80. The molecule has 0 amide bonds. The summed E-state index contributed by atoms with van der Waals surface area (Å²) in [4.78, 5) is 11.0. The molecule has 72 valence electrons. The standard InChI is InChI=1S/C12H12O2/c13-12-8-4-7-11(14-12)9-10-5-2-1-3-6-10/h1-3,5-6,9H,4,7-8H2/b11-9+. The second kappa shape index (κ2) is 4.09. The molecule has 1 aromatic rings. The highest BCUT2D eigenvalue weighted by molar-refractivity contribution is 5.73. The summed E-state index contributed by atoms with van der Waals surface area (Å²) in [5.41, 5.74) is 1.08. The van der Waals surface area contributed by atoms with E-state index in [0.29, 0.717) is 6.42 Å². The molecule has 0 radical (unpaired) electrons. The first-order valence-corrected chi connectivity index (χ1v) is 4.81. The predicted octanol–water partition coefficient (Wildman–Crippen LogP) is 2.75. The Morgan fingerprint density at radius 1 is 1.14 bits per heavy atom.